The molecular weight excluding hydrogens is 314 g/mol. The Hall–Kier alpha value is -1.28. The van der Waals surface area contributed by atoms with E-state index in [1.165, 1.54) is 4.90 Å². The Morgan fingerprint density at radius 2 is 1.33 bits per heavy atom. The molecule has 1 rings (SSSR count). The van der Waals surface area contributed by atoms with E-state index in [1.54, 1.807) is 27.7 Å². The molecule has 0 aromatic carbocycles. The van der Waals surface area contributed by atoms with Gasteiger partial charge in [0, 0.05) is 30.9 Å². The predicted molar refractivity (Wildman–Crippen MR) is 87.6 cm³/mol. The van der Waals surface area contributed by atoms with Crippen LogP contribution < -0.4 is 0 Å². The van der Waals surface area contributed by atoms with E-state index in [1.807, 2.05) is 20.8 Å². The van der Waals surface area contributed by atoms with E-state index < -0.39 is 11.6 Å². The standard InChI is InChI=1S/C17H29NO6/c1-8-21-17(22-9-2,24-23-16(5,6)7)10-11-18-14(19)12(3)13(4)15(18)20/h8-11H2,1-7H3. The summed E-state index contributed by atoms with van der Waals surface area (Å²) in [6.07, 6.45) is 0.142. The second-order valence-corrected chi connectivity index (χ2v) is 6.59. The molecule has 0 N–H and O–H groups in total. The first-order valence-electron chi connectivity index (χ1n) is 8.25. The molecule has 138 valence electrons. The van der Waals surface area contributed by atoms with Gasteiger partial charge in [-0.1, -0.05) is 0 Å². The SMILES string of the molecule is CCOC(CCN1C(=O)C(C)=C(C)C1=O)(OCC)OOC(C)(C)C. The van der Waals surface area contributed by atoms with Crippen LogP contribution in [0.3, 0.4) is 0 Å². The van der Waals surface area contributed by atoms with Gasteiger partial charge in [-0.05, 0) is 48.5 Å². The van der Waals surface area contributed by atoms with Crippen molar-refractivity contribution in [3.8, 4) is 0 Å². The van der Waals surface area contributed by atoms with Crippen LogP contribution in [-0.2, 0) is 28.8 Å². The summed E-state index contributed by atoms with van der Waals surface area (Å²) in [6, 6.07) is 0. The van der Waals surface area contributed by atoms with Crippen LogP contribution in [0.4, 0.5) is 0 Å². The van der Waals surface area contributed by atoms with Gasteiger partial charge in [0.05, 0.1) is 12.0 Å². The molecule has 2 amide bonds. The van der Waals surface area contributed by atoms with Crippen LogP contribution in [0.1, 0.15) is 54.9 Å². The quantitative estimate of drug-likeness (QED) is 0.277. The molecule has 0 atom stereocenters. The topological polar surface area (TPSA) is 74.3 Å². The Bertz CT molecular complexity index is 476. The maximum Gasteiger partial charge on any atom is 0.313 e. The van der Waals surface area contributed by atoms with Crippen molar-refractivity contribution in [2.24, 2.45) is 0 Å². The minimum atomic E-state index is -1.47. The average molecular weight is 343 g/mol. The zero-order valence-electron chi connectivity index (χ0n) is 15.7. The third kappa shape index (κ3) is 5.11. The number of carbonyl (C=O) groups excluding carboxylic acids is 2. The summed E-state index contributed by atoms with van der Waals surface area (Å²) in [6.45, 7) is 13.2. The molecule has 7 heteroatoms. The zero-order chi connectivity index (χ0) is 18.5. The highest BCUT2D eigenvalue weighted by atomic mass is 17.3. The molecule has 0 aliphatic carbocycles. The Kier molecular flexibility index (Phi) is 7.10. The molecule has 0 fully saturated rings. The monoisotopic (exact) mass is 343 g/mol. The maximum absolute atomic E-state index is 12.2. The van der Waals surface area contributed by atoms with Gasteiger partial charge in [0.25, 0.3) is 11.8 Å². The number of rotatable bonds is 9. The Morgan fingerprint density at radius 1 is 0.875 bits per heavy atom. The minimum absolute atomic E-state index is 0.111. The number of nitrogens with zero attached hydrogens (tertiary/aromatic N) is 1. The lowest BCUT2D eigenvalue weighted by atomic mass is 10.2. The third-order valence-corrected chi connectivity index (χ3v) is 3.48. The van der Waals surface area contributed by atoms with Crippen LogP contribution in [0.25, 0.3) is 0 Å². The van der Waals surface area contributed by atoms with Crippen LogP contribution in [0.15, 0.2) is 11.1 Å². The van der Waals surface area contributed by atoms with E-state index in [9.17, 15) is 9.59 Å². The predicted octanol–water partition coefficient (Wildman–Crippen LogP) is 2.56. The van der Waals surface area contributed by atoms with Crippen molar-refractivity contribution in [1.82, 2.24) is 4.90 Å². The first-order chi connectivity index (χ1) is 11.1. The molecule has 0 saturated carbocycles. The molecule has 0 aromatic rings. The fraction of sp³-hybridized carbons (Fsp3) is 0.765. The first-order valence-corrected chi connectivity index (χ1v) is 8.25. The van der Waals surface area contributed by atoms with Crippen LogP contribution in [0, 0.1) is 0 Å². The molecule has 24 heavy (non-hydrogen) atoms. The van der Waals surface area contributed by atoms with Gasteiger partial charge in [0.1, 0.15) is 0 Å². The lowest BCUT2D eigenvalue weighted by Gasteiger charge is -2.34. The van der Waals surface area contributed by atoms with Crippen molar-refractivity contribution in [2.75, 3.05) is 19.8 Å². The number of hydrogen-bond donors (Lipinski definition) is 0. The van der Waals surface area contributed by atoms with Crippen LogP contribution in [-0.4, -0.2) is 48.0 Å². The molecular formula is C17H29NO6. The molecule has 0 bridgehead atoms. The third-order valence-electron chi connectivity index (χ3n) is 3.48. The highest BCUT2D eigenvalue weighted by Crippen LogP contribution is 2.27. The smallest absolute Gasteiger partial charge is 0.313 e. The molecule has 1 aliphatic heterocycles. The minimum Gasteiger partial charge on any atom is -0.326 e. The van der Waals surface area contributed by atoms with Crippen molar-refractivity contribution in [2.45, 2.75) is 66.5 Å². The number of ether oxygens (including phenoxy) is 2. The van der Waals surface area contributed by atoms with Gasteiger partial charge in [0.2, 0.25) is 0 Å². The Morgan fingerprint density at radius 3 is 1.71 bits per heavy atom. The van der Waals surface area contributed by atoms with E-state index >= 15 is 0 Å². The Balaban J connectivity index is 2.85. The normalized spacial score (nSPS) is 16.5. The summed E-state index contributed by atoms with van der Waals surface area (Å²) in [5, 5.41) is 0. The lowest BCUT2D eigenvalue weighted by Crippen LogP contribution is -2.45. The highest BCUT2D eigenvalue weighted by molar-refractivity contribution is 6.18. The zero-order valence-corrected chi connectivity index (χ0v) is 15.7. The van der Waals surface area contributed by atoms with Gasteiger partial charge in [-0.25, -0.2) is 4.89 Å². The molecule has 0 unspecified atom stereocenters. The largest absolute Gasteiger partial charge is 0.326 e. The summed E-state index contributed by atoms with van der Waals surface area (Å²) in [4.78, 5) is 36.3. The summed E-state index contributed by atoms with van der Waals surface area (Å²) in [5.74, 6) is -2.06. The first kappa shape index (κ1) is 20.8. The average Bonchev–Trinajstić information content (AvgIpc) is 2.67. The van der Waals surface area contributed by atoms with Gasteiger partial charge < -0.3 is 9.47 Å². The van der Waals surface area contributed by atoms with Crippen molar-refractivity contribution < 1.29 is 28.8 Å². The second kappa shape index (κ2) is 8.20. The number of amides is 2. The molecule has 1 aliphatic rings. The van der Waals surface area contributed by atoms with Gasteiger partial charge in [-0.3, -0.25) is 14.5 Å². The van der Waals surface area contributed by atoms with E-state index in [2.05, 4.69) is 0 Å². The fourth-order valence-electron chi connectivity index (χ4n) is 2.17. The molecule has 0 spiro atoms. The van der Waals surface area contributed by atoms with Crippen LogP contribution in [0.2, 0.25) is 0 Å². The van der Waals surface area contributed by atoms with Crippen molar-refractivity contribution in [3.05, 3.63) is 11.1 Å². The Labute approximate surface area is 143 Å². The molecule has 0 saturated heterocycles. The van der Waals surface area contributed by atoms with Gasteiger partial charge in [-0.2, -0.15) is 4.89 Å². The molecule has 0 radical (unpaired) electrons. The molecule has 7 nitrogen and oxygen atoms in total. The van der Waals surface area contributed by atoms with Crippen LogP contribution in [0.5, 0.6) is 0 Å². The number of hydrogen-bond acceptors (Lipinski definition) is 6. The van der Waals surface area contributed by atoms with Crippen molar-refractivity contribution in [3.63, 3.8) is 0 Å². The van der Waals surface area contributed by atoms with E-state index in [0.29, 0.717) is 24.4 Å². The van der Waals surface area contributed by atoms with Gasteiger partial charge in [0.15, 0.2) is 0 Å². The van der Waals surface area contributed by atoms with Crippen molar-refractivity contribution >= 4 is 11.8 Å². The maximum atomic E-state index is 12.2. The molecule has 0 aromatic heterocycles. The van der Waals surface area contributed by atoms with E-state index in [4.69, 9.17) is 19.2 Å². The summed E-state index contributed by atoms with van der Waals surface area (Å²) < 4.78 is 11.2. The van der Waals surface area contributed by atoms with E-state index in [0.717, 1.165) is 0 Å². The van der Waals surface area contributed by atoms with Gasteiger partial charge in [-0.15, -0.1) is 0 Å². The fourth-order valence-corrected chi connectivity index (χ4v) is 2.17. The highest BCUT2D eigenvalue weighted by Gasteiger charge is 2.40. The number of imide groups is 1. The summed E-state index contributed by atoms with van der Waals surface area (Å²) >= 11 is 0. The summed E-state index contributed by atoms with van der Waals surface area (Å²) in [7, 11) is 0. The molecule has 1 heterocycles. The number of carbonyl (C=O) groups is 2. The second-order valence-electron chi connectivity index (χ2n) is 6.59. The summed E-state index contributed by atoms with van der Waals surface area (Å²) in [5.41, 5.74) is 0.364. The lowest BCUT2D eigenvalue weighted by molar-refractivity contribution is -0.527. The van der Waals surface area contributed by atoms with Crippen molar-refractivity contribution in [1.29, 1.82) is 0 Å². The van der Waals surface area contributed by atoms with E-state index in [-0.39, 0.29) is 24.8 Å². The van der Waals surface area contributed by atoms with Crippen LogP contribution >= 0.6 is 0 Å². The van der Waals surface area contributed by atoms with Gasteiger partial charge >= 0.3 is 5.97 Å².